The third-order valence-corrected chi connectivity index (χ3v) is 2.78. The summed E-state index contributed by atoms with van der Waals surface area (Å²) >= 11 is 0. The van der Waals surface area contributed by atoms with Crippen LogP contribution in [0.4, 0.5) is 13.2 Å². The van der Waals surface area contributed by atoms with Gasteiger partial charge in [0.1, 0.15) is 6.54 Å². The second kappa shape index (κ2) is 3.66. The maximum atomic E-state index is 12.2. The summed E-state index contributed by atoms with van der Waals surface area (Å²) < 4.78 is 36.6. The van der Waals surface area contributed by atoms with E-state index >= 15 is 0 Å². The molecule has 15 heavy (non-hydrogen) atoms. The first-order valence-corrected chi connectivity index (χ1v) is 4.85. The zero-order valence-electron chi connectivity index (χ0n) is 8.98. The normalized spacial score (nSPS) is 32.5. The average molecular weight is 224 g/mol. The third kappa shape index (κ3) is 2.42. The minimum atomic E-state index is -4.34. The van der Waals surface area contributed by atoms with Crippen molar-refractivity contribution in [3.05, 3.63) is 0 Å². The van der Waals surface area contributed by atoms with Gasteiger partial charge in [0.05, 0.1) is 11.7 Å². The molecular formula is C9H15F3N2O. The lowest BCUT2D eigenvalue weighted by atomic mass is 9.99. The number of alkyl halides is 3. The van der Waals surface area contributed by atoms with Gasteiger partial charge in [0.25, 0.3) is 0 Å². The van der Waals surface area contributed by atoms with Gasteiger partial charge in [0.15, 0.2) is 0 Å². The lowest BCUT2D eigenvalue weighted by molar-refractivity contribution is -0.161. The van der Waals surface area contributed by atoms with Crippen molar-refractivity contribution < 1.29 is 18.0 Å². The molecule has 0 spiro atoms. The molecule has 0 bridgehead atoms. The van der Waals surface area contributed by atoms with Crippen LogP contribution in [-0.2, 0) is 4.79 Å². The Kier molecular flexibility index (Phi) is 3.00. The maximum absolute atomic E-state index is 12.2. The standard InChI is InChI=1S/C9H15F3N2O/c1-4-8(3)7(15)14(6(2)13-8)5-9(10,11)12/h6,13H,4-5H2,1-3H3. The molecule has 1 rings (SSSR count). The number of hydrogen-bond donors (Lipinski definition) is 1. The Labute approximate surface area is 86.6 Å². The zero-order valence-corrected chi connectivity index (χ0v) is 8.98. The van der Waals surface area contributed by atoms with Crippen molar-refractivity contribution >= 4 is 5.91 Å². The third-order valence-electron chi connectivity index (χ3n) is 2.78. The number of nitrogens with zero attached hydrogens (tertiary/aromatic N) is 1. The fourth-order valence-corrected chi connectivity index (χ4v) is 1.75. The zero-order chi connectivity index (χ0) is 11.9. The van der Waals surface area contributed by atoms with E-state index in [1.54, 1.807) is 20.8 Å². The molecule has 88 valence electrons. The maximum Gasteiger partial charge on any atom is 0.406 e. The lowest BCUT2D eigenvalue weighted by Crippen LogP contribution is -2.44. The van der Waals surface area contributed by atoms with E-state index in [0.717, 1.165) is 4.90 Å². The van der Waals surface area contributed by atoms with E-state index in [1.165, 1.54) is 0 Å². The highest BCUT2D eigenvalue weighted by Gasteiger charge is 2.48. The molecule has 0 aromatic rings. The second-order valence-corrected chi connectivity index (χ2v) is 4.05. The summed E-state index contributed by atoms with van der Waals surface area (Å²) in [6.45, 7) is 3.77. The molecule has 1 heterocycles. The minimum Gasteiger partial charge on any atom is -0.317 e. The molecule has 0 radical (unpaired) electrons. The molecule has 0 aliphatic carbocycles. The summed E-state index contributed by atoms with van der Waals surface area (Å²) in [5, 5.41) is 2.88. The first-order valence-electron chi connectivity index (χ1n) is 4.85. The summed E-state index contributed by atoms with van der Waals surface area (Å²) in [6.07, 6.45) is -4.43. The van der Waals surface area contributed by atoms with E-state index in [1.807, 2.05) is 0 Å². The predicted octanol–water partition coefficient (Wildman–Crippen LogP) is 1.50. The lowest BCUT2D eigenvalue weighted by Gasteiger charge is -2.22. The highest BCUT2D eigenvalue weighted by atomic mass is 19.4. The van der Waals surface area contributed by atoms with Gasteiger partial charge in [-0.2, -0.15) is 13.2 Å². The van der Waals surface area contributed by atoms with Crippen LogP contribution in [0.15, 0.2) is 0 Å². The van der Waals surface area contributed by atoms with Crippen molar-refractivity contribution in [1.29, 1.82) is 0 Å². The molecule has 2 unspecified atom stereocenters. The fraction of sp³-hybridized carbons (Fsp3) is 0.889. The molecule has 0 aromatic carbocycles. The first-order chi connectivity index (χ1) is 6.69. The molecule has 3 nitrogen and oxygen atoms in total. The monoisotopic (exact) mass is 224 g/mol. The highest BCUT2D eigenvalue weighted by Crippen LogP contribution is 2.27. The Morgan fingerprint density at radius 1 is 1.53 bits per heavy atom. The summed E-state index contributed by atoms with van der Waals surface area (Å²) in [5.41, 5.74) is -0.856. The Morgan fingerprint density at radius 2 is 2.07 bits per heavy atom. The van der Waals surface area contributed by atoms with Crippen LogP contribution in [0.3, 0.4) is 0 Å². The van der Waals surface area contributed by atoms with Crippen molar-refractivity contribution in [2.24, 2.45) is 0 Å². The molecule has 1 fully saturated rings. The molecule has 1 amide bonds. The second-order valence-electron chi connectivity index (χ2n) is 4.05. The predicted molar refractivity (Wildman–Crippen MR) is 49.1 cm³/mol. The highest BCUT2D eigenvalue weighted by molar-refractivity contribution is 5.88. The average Bonchev–Trinajstić information content (AvgIpc) is 2.28. The van der Waals surface area contributed by atoms with Gasteiger partial charge in [0, 0.05) is 0 Å². The number of hydrogen-bond acceptors (Lipinski definition) is 2. The van der Waals surface area contributed by atoms with Crippen LogP contribution in [0.2, 0.25) is 0 Å². The van der Waals surface area contributed by atoms with Gasteiger partial charge in [-0.25, -0.2) is 0 Å². The van der Waals surface area contributed by atoms with E-state index in [4.69, 9.17) is 0 Å². The van der Waals surface area contributed by atoms with Crippen molar-refractivity contribution in [3.8, 4) is 0 Å². The molecule has 1 N–H and O–H groups in total. The quantitative estimate of drug-likeness (QED) is 0.770. The minimum absolute atomic E-state index is 0.477. The molecule has 0 aromatic heterocycles. The summed E-state index contributed by atoms with van der Waals surface area (Å²) in [6, 6.07) is 0. The number of halogens is 3. The number of carbonyl (C=O) groups is 1. The summed E-state index contributed by atoms with van der Waals surface area (Å²) in [7, 11) is 0. The van der Waals surface area contributed by atoms with Gasteiger partial charge in [-0.3, -0.25) is 10.1 Å². The van der Waals surface area contributed by atoms with Crippen molar-refractivity contribution in [2.75, 3.05) is 6.54 Å². The van der Waals surface area contributed by atoms with Crippen LogP contribution >= 0.6 is 0 Å². The van der Waals surface area contributed by atoms with Crippen LogP contribution < -0.4 is 5.32 Å². The van der Waals surface area contributed by atoms with Gasteiger partial charge in [-0.05, 0) is 20.3 Å². The van der Waals surface area contributed by atoms with Gasteiger partial charge >= 0.3 is 6.18 Å². The van der Waals surface area contributed by atoms with E-state index in [0.29, 0.717) is 6.42 Å². The van der Waals surface area contributed by atoms with Crippen LogP contribution in [-0.4, -0.2) is 35.2 Å². The van der Waals surface area contributed by atoms with Crippen LogP contribution in [0.5, 0.6) is 0 Å². The molecule has 6 heteroatoms. The van der Waals surface area contributed by atoms with Crippen molar-refractivity contribution in [2.45, 2.75) is 45.1 Å². The Morgan fingerprint density at radius 3 is 2.40 bits per heavy atom. The topological polar surface area (TPSA) is 32.3 Å². The van der Waals surface area contributed by atoms with E-state index < -0.39 is 30.3 Å². The van der Waals surface area contributed by atoms with E-state index in [2.05, 4.69) is 5.32 Å². The smallest absolute Gasteiger partial charge is 0.317 e. The molecule has 0 saturated carbocycles. The van der Waals surface area contributed by atoms with E-state index in [-0.39, 0.29) is 0 Å². The number of amides is 1. The largest absolute Gasteiger partial charge is 0.406 e. The Hall–Kier alpha value is -0.780. The fourth-order valence-electron chi connectivity index (χ4n) is 1.75. The number of rotatable bonds is 2. The molecule has 1 saturated heterocycles. The molecule has 1 aliphatic rings. The van der Waals surface area contributed by atoms with E-state index in [9.17, 15) is 18.0 Å². The van der Waals surface area contributed by atoms with Gasteiger partial charge in [-0.15, -0.1) is 0 Å². The van der Waals surface area contributed by atoms with Crippen LogP contribution in [0.25, 0.3) is 0 Å². The Bertz CT molecular complexity index is 267. The first kappa shape index (κ1) is 12.3. The number of carbonyl (C=O) groups excluding carboxylic acids is 1. The van der Waals surface area contributed by atoms with Gasteiger partial charge in [0.2, 0.25) is 5.91 Å². The van der Waals surface area contributed by atoms with Crippen molar-refractivity contribution in [1.82, 2.24) is 10.2 Å². The van der Waals surface area contributed by atoms with Gasteiger partial charge in [-0.1, -0.05) is 6.92 Å². The molecule has 1 aliphatic heterocycles. The van der Waals surface area contributed by atoms with Crippen LogP contribution in [0, 0.1) is 0 Å². The van der Waals surface area contributed by atoms with Crippen LogP contribution in [0.1, 0.15) is 27.2 Å². The Balaban J connectivity index is 2.80. The van der Waals surface area contributed by atoms with Gasteiger partial charge < -0.3 is 4.90 Å². The molecular weight excluding hydrogens is 209 g/mol. The summed E-state index contributed by atoms with van der Waals surface area (Å²) in [4.78, 5) is 12.5. The summed E-state index contributed by atoms with van der Waals surface area (Å²) in [5.74, 6) is -0.477. The SMILES string of the molecule is CCC1(C)NC(C)N(CC(F)(F)F)C1=O. The van der Waals surface area contributed by atoms with Crippen molar-refractivity contribution in [3.63, 3.8) is 0 Å². The molecule has 2 atom stereocenters. The number of nitrogens with one attached hydrogen (secondary N) is 1.